The molecule has 164 valence electrons. The average molecular weight is 492 g/mol. The molecule has 2 aromatic heterocycles. The van der Waals surface area contributed by atoms with Gasteiger partial charge in [-0.3, -0.25) is 13.9 Å². The number of nitrogens with zero attached hydrogens (tertiary/aromatic N) is 4. The third-order valence-corrected chi connectivity index (χ3v) is 6.92. The summed E-state index contributed by atoms with van der Waals surface area (Å²) in [7, 11) is 3.05. The number of halogens is 2. The normalized spacial score (nSPS) is 17.5. The topological polar surface area (TPSA) is 89.4 Å². The maximum Gasteiger partial charge on any atom is 0.331 e. The third kappa shape index (κ3) is 3.07. The molecule has 0 fully saturated rings. The van der Waals surface area contributed by atoms with Crippen molar-refractivity contribution < 1.29 is 14.4 Å². The molecule has 1 aromatic carbocycles. The van der Waals surface area contributed by atoms with Gasteiger partial charge in [0.15, 0.2) is 17.7 Å². The minimum Gasteiger partial charge on any atom is -0.472 e. The SMILES string of the molecule is Cn1c2c(c(=O)n(C)c1=O)C(c1cccc(Cl)c1)=[N+]1C[C@H](CO)OC(c3nc(Cl)cs3)=C21. The molecule has 1 N–H and O–H groups in total. The quantitative estimate of drug-likeness (QED) is 0.565. The van der Waals surface area contributed by atoms with Crippen molar-refractivity contribution >= 4 is 51.7 Å². The van der Waals surface area contributed by atoms with Crippen LogP contribution in [0.2, 0.25) is 10.2 Å². The van der Waals surface area contributed by atoms with Gasteiger partial charge in [0.1, 0.15) is 16.4 Å². The van der Waals surface area contributed by atoms with Gasteiger partial charge in [0.05, 0.1) is 6.61 Å². The Balaban J connectivity index is 1.97. The minimum absolute atomic E-state index is 0.248. The van der Waals surface area contributed by atoms with Gasteiger partial charge >= 0.3 is 5.69 Å². The fourth-order valence-electron chi connectivity index (χ4n) is 4.13. The summed E-state index contributed by atoms with van der Waals surface area (Å²) in [5.41, 5.74) is 1.71. The van der Waals surface area contributed by atoms with Crippen LogP contribution in [0.25, 0.3) is 11.5 Å². The molecule has 4 heterocycles. The monoisotopic (exact) mass is 491 g/mol. The first-order chi connectivity index (χ1) is 15.3. The van der Waals surface area contributed by atoms with E-state index < -0.39 is 17.4 Å². The molecule has 3 aromatic rings. The zero-order chi connectivity index (χ0) is 22.7. The lowest BCUT2D eigenvalue weighted by molar-refractivity contribution is -0.448. The second kappa shape index (κ2) is 7.70. The molecule has 2 aliphatic rings. The van der Waals surface area contributed by atoms with Gasteiger partial charge in [0.2, 0.25) is 11.5 Å². The van der Waals surface area contributed by atoms with E-state index in [2.05, 4.69) is 4.98 Å². The van der Waals surface area contributed by atoms with Crippen molar-refractivity contribution in [1.82, 2.24) is 14.1 Å². The predicted molar refractivity (Wildman–Crippen MR) is 123 cm³/mol. The molecule has 0 saturated heterocycles. The molecule has 0 radical (unpaired) electrons. The van der Waals surface area contributed by atoms with Gasteiger partial charge in [-0.2, -0.15) is 4.58 Å². The number of benzene rings is 1. The molecule has 2 aliphatic heterocycles. The van der Waals surface area contributed by atoms with Crippen LogP contribution in [0.15, 0.2) is 39.2 Å². The van der Waals surface area contributed by atoms with Gasteiger partial charge in [0.25, 0.3) is 11.3 Å². The highest BCUT2D eigenvalue weighted by atomic mass is 35.5. The molecule has 0 aliphatic carbocycles. The third-order valence-electron chi connectivity index (χ3n) is 5.52. The second-order valence-corrected chi connectivity index (χ2v) is 9.16. The van der Waals surface area contributed by atoms with E-state index in [0.29, 0.717) is 49.2 Å². The van der Waals surface area contributed by atoms with Gasteiger partial charge in [-0.05, 0) is 18.2 Å². The van der Waals surface area contributed by atoms with Crippen LogP contribution in [0.5, 0.6) is 0 Å². The van der Waals surface area contributed by atoms with E-state index in [9.17, 15) is 14.7 Å². The van der Waals surface area contributed by atoms with E-state index in [0.717, 1.165) is 4.57 Å². The maximum atomic E-state index is 13.4. The number of rotatable bonds is 3. The van der Waals surface area contributed by atoms with E-state index in [1.54, 1.807) is 30.6 Å². The standard InChI is InChI=1S/C21H17Cl2N4O4S/c1-25-16-14(20(29)26(2)21(25)30)15(10-4-3-5-11(22)6-10)27-7-12(8-28)31-18(17(16)27)19-24-13(23)9-32-19/h3-6,9,12,28H,7-8H2,1-2H3/q+1/t12-/m1/s1. The molecular weight excluding hydrogens is 475 g/mol. The van der Waals surface area contributed by atoms with Gasteiger partial charge in [-0.15, -0.1) is 11.3 Å². The van der Waals surface area contributed by atoms with Crippen LogP contribution in [-0.2, 0) is 18.8 Å². The fourth-order valence-corrected chi connectivity index (χ4v) is 5.25. The molecule has 11 heteroatoms. The number of aliphatic hydroxyl groups is 1. The van der Waals surface area contributed by atoms with Crippen molar-refractivity contribution in [1.29, 1.82) is 0 Å². The van der Waals surface area contributed by atoms with Crippen molar-refractivity contribution in [3.8, 4) is 0 Å². The smallest absolute Gasteiger partial charge is 0.331 e. The van der Waals surface area contributed by atoms with Crippen LogP contribution >= 0.6 is 34.5 Å². The molecule has 0 saturated carbocycles. The van der Waals surface area contributed by atoms with Crippen molar-refractivity contribution in [2.45, 2.75) is 6.10 Å². The highest BCUT2D eigenvalue weighted by molar-refractivity contribution is 7.11. The summed E-state index contributed by atoms with van der Waals surface area (Å²) in [6.45, 7) is 0.0187. The minimum atomic E-state index is -0.583. The van der Waals surface area contributed by atoms with Crippen LogP contribution in [0.1, 0.15) is 21.8 Å². The molecule has 0 unspecified atom stereocenters. The van der Waals surface area contributed by atoms with E-state index in [1.165, 1.54) is 23.0 Å². The summed E-state index contributed by atoms with van der Waals surface area (Å²) in [4.78, 5) is 30.5. The Morgan fingerprint density at radius 3 is 2.72 bits per heavy atom. The Morgan fingerprint density at radius 1 is 1.28 bits per heavy atom. The Hall–Kier alpha value is -2.72. The van der Waals surface area contributed by atoms with Crippen LogP contribution in [0.4, 0.5) is 0 Å². The van der Waals surface area contributed by atoms with E-state index in [1.807, 2.05) is 10.6 Å². The van der Waals surface area contributed by atoms with Crippen LogP contribution < -0.4 is 11.2 Å². The molecule has 8 nitrogen and oxygen atoms in total. The lowest BCUT2D eigenvalue weighted by Gasteiger charge is -2.23. The summed E-state index contributed by atoms with van der Waals surface area (Å²) < 4.78 is 10.5. The van der Waals surface area contributed by atoms with Crippen molar-refractivity contribution in [3.05, 3.63) is 82.5 Å². The molecule has 0 amide bonds. The van der Waals surface area contributed by atoms with Gasteiger partial charge in [-0.25, -0.2) is 9.78 Å². The largest absolute Gasteiger partial charge is 0.472 e. The van der Waals surface area contributed by atoms with Crippen LogP contribution in [0.3, 0.4) is 0 Å². The van der Waals surface area contributed by atoms with Crippen molar-refractivity contribution in [2.75, 3.05) is 13.2 Å². The van der Waals surface area contributed by atoms with Crippen molar-refractivity contribution in [2.24, 2.45) is 14.1 Å². The lowest BCUT2D eigenvalue weighted by Crippen LogP contribution is -2.41. The first-order valence-corrected chi connectivity index (χ1v) is 11.3. The second-order valence-electron chi connectivity index (χ2n) is 7.47. The van der Waals surface area contributed by atoms with E-state index in [-0.39, 0.29) is 13.2 Å². The Labute approximate surface area is 195 Å². The summed E-state index contributed by atoms with van der Waals surface area (Å²) >= 11 is 13.6. The molecule has 5 rings (SSSR count). The number of fused-ring (bicyclic) bond motifs is 3. The molecule has 1 atom stereocenters. The first kappa shape index (κ1) is 21.1. The predicted octanol–water partition coefficient (Wildman–Crippen LogP) is 1.93. The maximum absolute atomic E-state index is 13.4. The molecule has 0 bridgehead atoms. The Bertz CT molecular complexity index is 1470. The Morgan fingerprint density at radius 2 is 2.06 bits per heavy atom. The van der Waals surface area contributed by atoms with E-state index >= 15 is 0 Å². The highest BCUT2D eigenvalue weighted by Gasteiger charge is 2.48. The fraction of sp³-hybridized carbons (Fsp3) is 0.238. The molecule has 32 heavy (non-hydrogen) atoms. The van der Waals surface area contributed by atoms with Gasteiger partial charge in [0, 0.05) is 30.1 Å². The van der Waals surface area contributed by atoms with Crippen LogP contribution in [-0.4, -0.2) is 48.8 Å². The lowest BCUT2D eigenvalue weighted by atomic mass is 10.0. The molecule has 0 spiro atoms. The average Bonchev–Trinajstić information content (AvgIpc) is 3.37. The zero-order valence-electron chi connectivity index (χ0n) is 17.0. The van der Waals surface area contributed by atoms with Crippen LogP contribution in [0, 0.1) is 0 Å². The summed E-state index contributed by atoms with van der Waals surface area (Å²) in [5.74, 6) is 0.355. The number of hydrogen-bond donors (Lipinski definition) is 1. The Kier molecular flexibility index (Phi) is 5.09. The zero-order valence-corrected chi connectivity index (χ0v) is 19.3. The number of aliphatic hydroxyl groups excluding tert-OH is 1. The highest BCUT2D eigenvalue weighted by Crippen LogP contribution is 2.40. The number of thiazole rings is 1. The summed E-state index contributed by atoms with van der Waals surface area (Å²) in [5, 5.41) is 12.9. The van der Waals surface area contributed by atoms with Gasteiger partial charge in [-0.1, -0.05) is 29.3 Å². The first-order valence-electron chi connectivity index (χ1n) is 9.66. The van der Waals surface area contributed by atoms with Gasteiger partial charge < -0.3 is 9.84 Å². The summed E-state index contributed by atoms with van der Waals surface area (Å²) in [6, 6.07) is 7.15. The van der Waals surface area contributed by atoms with Crippen molar-refractivity contribution in [3.63, 3.8) is 0 Å². The number of ether oxygens (including phenoxy) is 1. The number of aromatic nitrogens is 3. The number of hydrogen-bond acceptors (Lipinski definition) is 6. The summed E-state index contributed by atoms with van der Waals surface area (Å²) in [6.07, 6.45) is -0.583. The van der Waals surface area contributed by atoms with E-state index in [4.69, 9.17) is 27.9 Å². The molecular formula is C21H17Cl2N4O4S+.